The van der Waals surface area contributed by atoms with E-state index in [9.17, 15) is 9.90 Å². The van der Waals surface area contributed by atoms with Gasteiger partial charge in [-0.25, -0.2) is 0 Å². The van der Waals surface area contributed by atoms with Crippen LogP contribution in [0.4, 0.5) is 0 Å². The SMILES string of the molecule is COc1ccc(CN2CCN(C(=O)c3ccc(C)cc3)CC2CCO)cc1C. The van der Waals surface area contributed by atoms with E-state index in [1.54, 1.807) is 7.11 Å². The summed E-state index contributed by atoms with van der Waals surface area (Å²) in [4.78, 5) is 17.2. The molecule has 1 saturated heterocycles. The van der Waals surface area contributed by atoms with Crippen LogP contribution < -0.4 is 4.74 Å². The molecule has 2 aromatic carbocycles. The number of aliphatic hydroxyl groups is 1. The van der Waals surface area contributed by atoms with E-state index in [-0.39, 0.29) is 18.6 Å². The molecule has 1 aliphatic rings. The molecular weight excluding hydrogens is 352 g/mol. The van der Waals surface area contributed by atoms with Gasteiger partial charge in [-0.3, -0.25) is 9.69 Å². The molecule has 0 aromatic heterocycles. The van der Waals surface area contributed by atoms with Crippen LogP contribution >= 0.6 is 0 Å². The number of carbonyl (C=O) groups excluding carboxylic acids is 1. The summed E-state index contributed by atoms with van der Waals surface area (Å²) in [5.74, 6) is 0.965. The van der Waals surface area contributed by atoms with Gasteiger partial charge in [0.05, 0.1) is 7.11 Å². The van der Waals surface area contributed by atoms with Crippen LogP contribution in [0.1, 0.15) is 33.5 Å². The van der Waals surface area contributed by atoms with E-state index in [4.69, 9.17) is 4.74 Å². The quantitative estimate of drug-likeness (QED) is 0.834. The normalized spacial score (nSPS) is 17.6. The van der Waals surface area contributed by atoms with Crippen molar-refractivity contribution in [3.63, 3.8) is 0 Å². The Morgan fingerprint density at radius 2 is 1.89 bits per heavy atom. The predicted molar refractivity (Wildman–Crippen MR) is 111 cm³/mol. The highest BCUT2D eigenvalue weighted by atomic mass is 16.5. The number of hydrogen-bond donors (Lipinski definition) is 1. The zero-order valence-electron chi connectivity index (χ0n) is 17.0. The van der Waals surface area contributed by atoms with Crippen LogP contribution in [-0.2, 0) is 6.54 Å². The lowest BCUT2D eigenvalue weighted by Crippen LogP contribution is -2.54. The Bertz CT molecular complexity index is 804. The van der Waals surface area contributed by atoms with Gasteiger partial charge in [-0.05, 0) is 49.6 Å². The first-order chi connectivity index (χ1) is 13.5. The predicted octanol–water partition coefficient (Wildman–Crippen LogP) is 3.02. The Morgan fingerprint density at radius 3 is 2.54 bits per heavy atom. The van der Waals surface area contributed by atoms with E-state index in [0.29, 0.717) is 19.5 Å². The van der Waals surface area contributed by atoms with Crippen LogP contribution in [0, 0.1) is 13.8 Å². The van der Waals surface area contributed by atoms with Gasteiger partial charge in [0.15, 0.2) is 0 Å². The maximum Gasteiger partial charge on any atom is 0.253 e. The first kappa shape index (κ1) is 20.4. The first-order valence-electron chi connectivity index (χ1n) is 9.86. The maximum absolute atomic E-state index is 12.9. The average molecular weight is 383 g/mol. The molecule has 1 amide bonds. The minimum absolute atomic E-state index is 0.0721. The molecule has 0 aliphatic carbocycles. The number of aliphatic hydroxyl groups excluding tert-OH is 1. The van der Waals surface area contributed by atoms with Gasteiger partial charge in [0.1, 0.15) is 5.75 Å². The number of piperazine rings is 1. The summed E-state index contributed by atoms with van der Waals surface area (Å²) in [5, 5.41) is 9.54. The first-order valence-corrected chi connectivity index (χ1v) is 9.86. The summed E-state index contributed by atoms with van der Waals surface area (Å²) >= 11 is 0. The van der Waals surface area contributed by atoms with Crippen molar-refractivity contribution < 1.29 is 14.6 Å². The van der Waals surface area contributed by atoms with Crippen LogP contribution in [-0.4, -0.2) is 60.2 Å². The number of amides is 1. The second-order valence-corrected chi connectivity index (χ2v) is 7.56. The van der Waals surface area contributed by atoms with E-state index in [2.05, 4.69) is 17.0 Å². The van der Waals surface area contributed by atoms with Crippen LogP contribution in [0.2, 0.25) is 0 Å². The van der Waals surface area contributed by atoms with Crippen molar-refractivity contribution >= 4 is 5.91 Å². The summed E-state index contributed by atoms with van der Waals surface area (Å²) in [6, 6.07) is 14.1. The Balaban J connectivity index is 1.69. The van der Waals surface area contributed by atoms with Gasteiger partial charge in [-0.1, -0.05) is 29.8 Å². The molecule has 2 aromatic rings. The van der Waals surface area contributed by atoms with Crippen LogP contribution in [0.25, 0.3) is 0 Å². The monoisotopic (exact) mass is 382 g/mol. The molecule has 5 nitrogen and oxygen atoms in total. The maximum atomic E-state index is 12.9. The molecule has 1 atom stereocenters. The number of ether oxygens (including phenoxy) is 1. The fourth-order valence-electron chi connectivity index (χ4n) is 3.86. The Morgan fingerprint density at radius 1 is 1.14 bits per heavy atom. The van der Waals surface area contributed by atoms with Crippen LogP contribution in [0.3, 0.4) is 0 Å². The number of rotatable bonds is 6. The third-order valence-corrected chi connectivity index (χ3v) is 5.50. The smallest absolute Gasteiger partial charge is 0.253 e. The third kappa shape index (κ3) is 4.72. The lowest BCUT2D eigenvalue weighted by molar-refractivity contribution is 0.0395. The largest absolute Gasteiger partial charge is 0.496 e. The van der Waals surface area contributed by atoms with E-state index in [0.717, 1.165) is 35.5 Å². The Kier molecular flexibility index (Phi) is 6.70. The molecule has 150 valence electrons. The highest BCUT2D eigenvalue weighted by Crippen LogP contribution is 2.22. The van der Waals surface area contributed by atoms with Crippen molar-refractivity contribution in [2.75, 3.05) is 33.4 Å². The van der Waals surface area contributed by atoms with Gasteiger partial charge in [0.25, 0.3) is 5.91 Å². The highest BCUT2D eigenvalue weighted by molar-refractivity contribution is 5.94. The second kappa shape index (κ2) is 9.22. The molecular formula is C23H30N2O3. The Labute approximate surface area is 167 Å². The fourth-order valence-corrected chi connectivity index (χ4v) is 3.86. The van der Waals surface area contributed by atoms with E-state index >= 15 is 0 Å². The van der Waals surface area contributed by atoms with Gasteiger partial charge < -0.3 is 14.7 Å². The summed E-state index contributed by atoms with van der Waals surface area (Å²) in [5.41, 5.74) is 4.22. The van der Waals surface area contributed by atoms with Gasteiger partial charge in [0, 0.05) is 44.4 Å². The van der Waals surface area contributed by atoms with Crippen molar-refractivity contribution in [2.24, 2.45) is 0 Å². The molecule has 5 heteroatoms. The van der Waals surface area contributed by atoms with Crippen LogP contribution in [0.15, 0.2) is 42.5 Å². The number of benzene rings is 2. The number of carbonyl (C=O) groups is 1. The third-order valence-electron chi connectivity index (χ3n) is 5.50. The van der Waals surface area contributed by atoms with Crippen molar-refractivity contribution in [2.45, 2.75) is 32.9 Å². The minimum Gasteiger partial charge on any atom is -0.496 e. The van der Waals surface area contributed by atoms with E-state index in [1.165, 1.54) is 5.56 Å². The average Bonchev–Trinajstić information content (AvgIpc) is 2.70. The minimum atomic E-state index is 0.0721. The van der Waals surface area contributed by atoms with Crippen molar-refractivity contribution in [1.29, 1.82) is 0 Å². The van der Waals surface area contributed by atoms with Gasteiger partial charge >= 0.3 is 0 Å². The molecule has 3 rings (SSSR count). The highest BCUT2D eigenvalue weighted by Gasteiger charge is 2.29. The lowest BCUT2D eigenvalue weighted by Gasteiger charge is -2.41. The molecule has 1 fully saturated rings. The molecule has 0 spiro atoms. The molecule has 1 heterocycles. The molecule has 28 heavy (non-hydrogen) atoms. The van der Waals surface area contributed by atoms with Gasteiger partial charge in [-0.2, -0.15) is 0 Å². The van der Waals surface area contributed by atoms with E-state index < -0.39 is 0 Å². The molecule has 0 bridgehead atoms. The zero-order chi connectivity index (χ0) is 20.1. The molecule has 0 radical (unpaired) electrons. The van der Waals surface area contributed by atoms with Crippen molar-refractivity contribution in [3.05, 3.63) is 64.7 Å². The van der Waals surface area contributed by atoms with Crippen LogP contribution in [0.5, 0.6) is 5.75 Å². The standard InChI is InChI=1S/C23H30N2O3/c1-17-4-7-20(8-5-17)23(27)25-12-11-24(21(16-25)10-13-26)15-19-6-9-22(28-3)18(2)14-19/h4-9,14,21,26H,10-13,15-16H2,1-3H3. The van der Waals surface area contributed by atoms with Crippen molar-refractivity contribution in [3.8, 4) is 5.75 Å². The lowest BCUT2D eigenvalue weighted by atomic mass is 10.0. The fraction of sp³-hybridized carbons (Fsp3) is 0.435. The summed E-state index contributed by atoms with van der Waals surface area (Å²) < 4.78 is 5.35. The second-order valence-electron chi connectivity index (χ2n) is 7.56. The van der Waals surface area contributed by atoms with Gasteiger partial charge in [-0.15, -0.1) is 0 Å². The summed E-state index contributed by atoms with van der Waals surface area (Å²) in [6.07, 6.45) is 0.660. The van der Waals surface area contributed by atoms with E-state index in [1.807, 2.05) is 49.1 Å². The number of hydrogen-bond acceptors (Lipinski definition) is 4. The molecule has 1 aliphatic heterocycles. The Hall–Kier alpha value is -2.37. The zero-order valence-corrected chi connectivity index (χ0v) is 17.0. The molecule has 1 N–H and O–H groups in total. The van der Waals surface area contributed by atoms with Gasteiger partial charge in [0.2, 0.25) is 0 Å². The molecule has 0 saturated carbocycles. The topological polar surface area (TPSA) is 53.0 Å². The number of nitrogens with zero attached hydrogens (tertiary/aromatic N) is 2. The summed E-state index contributed by atoms with van der Waals surface area (Å²) in [6.45, 7) is 7.13. The van der Waals surface area contributed by atoms with Crippen molar-refractivity contribution in [1.82, 2.24) is 9.80 Å². The molecule has 1 unspecified atom stereocenters. The number of aryl methyl sites for hydroxylation is 2. The number of methoxy groups -OCH3 is 1. The summed E-state index contributed by atoms with van der Waals surface area (Å²) in [7, 11) is 1.68.